The second-order valence-electron chi connectivity index (χ2n) is 5.31. The molecule has 4 nitrogen and oxygen atoms in total. The van der Waals surface area contributed by atoms with Crippen molar-refractivity contribution in [1.82, 2.24) is 14.8 Å². The molecule has 98 valence electrons. The summed E-state index contributed by atoms with van der Waals surface area (Å²) in [4.78, 5) is 16.6. The Bertz CT molecular complexity index is 615. The molecule has 0 amide bonds. The minimum Gasteiger partial charge on any atom is -0.299 e. The molecule has 0 saturated heterocycles. The van der Waals surface area contributed by atoms with E-state index in [0.29, 0.717) is 6.42 Å². The number of carbonyl (C=O) groups excluding carboxylic acids is 1. The minimum absolute atomic E-state index is 0.0495. The number of carbonyl (C=O) groups is 1. The number of nitrogens with zero attached hydrogens (tertiary/aromatic N) is 3. The molecule has 1 atom stereocenters. The van der Waals surface area contributed by atoms with Gasteiger partial charge in [0.2, 0.25) is 0 Å². The van der Waals surface area contributed by atoms with Gasteiger partial charge in [-0.15, -0.1) is 0 Å². The number of aromatic nitrogens is 3. The Hall–Kier alpha value is -1.97. The highest BCUT2D eigenvalue weighted by Crippen LogP contribution is 2.36. The van der Waals surface area contributed by atoms with E-state index in [1.807, 2.05) is 30.7 Å². The fourth-order valence-electron chi connectivity index (χ4n) is 2.66. The second kappa shape index (κ2) is 4.61. The summed E-state index contributed by atoms with van der Waals surface area (Å²) in [6.07, 6.45) is 2.76. The fraction of sp³-hybridized carbons (Fsp3) is 0.400. The van der Waals surface area contributed by atoms with Crippen LogP contribution >= 0.6 is 0 Å². The number of rotatable bonds is 4. The molecular weight excluding hydrogens is 238 g/mol. The van der Waals surface area contributed by atoms with Gasteiger partial charge in [-0.3, -0.25) is 4.79 Å². The molecule has 1 aromatic carbocycles. The van der Waals surface area contributed by atoms with Crippen LogP contribution in [0, 0.1) is 0 Å². The third kappa shape index (κ3) is 2.07. The number of Topliss-reactive ketones (excluding diaryl/α,β-unsaturated/α-hetero) is 1. The summed E-state index contributed by atoms with van der Waals surface area (Å²) in [6, 6.07) is 8.40. The molecule has 1 aliphatic rings. The maximum Gasteiger partial charge on any atom is 0.148 e. The maximum atomic E-state index is 12.3. The van der Waals surface area contributed by atoms with E-state index in [2.05, 4.69) is 22.2 Å². The molecule has 4 heteroatoms. The van der Waals surface area contributed by atoms with Gasteiger partial charge in [-0.2, -0.15) is 5.10 Å². The highest BCUT2D eigenvalue weighted by atomic mass is 16.1. The van der Waals surface area contributed by atoms with Crippen LogP contribution in [0.2, 0.25) is 0 Å². The number of fused-ring (bicyclic) bond motifs is 1. The molecule has 0 spiro atoms. The highest BCUT2D eigenvalue weighted by Gasteiger charge is 2.32. The topological polar surface area (TPSA) is 47.8 Å². The number of hydrogen-bond donors (Lipinski definition) is 0. The minimum atomic E-state index is 0.0495. The van der Waals surface area contributed by atoms with Crippen LogP contribution in [-0.2, 0) is 17.6 Å². The summed E-state index contributed by atoms with van der Waals surface area (Å²) < 4.78 is 1.82. The van der Waals surface area contributed by atoms with Gasteiger partial charge in [0, 0.05) is 12.0 Å². The Balaban J connectivity index is 1.75. The fourth-order valence-corrected chi connectivity index (χ4v) is 2.66. The first-order chi connectivity index (χ1) is 9.16. The molecule has 2 aromatic rings. The monoisotopic (exact) mass is 255 g/mol. The van der Waals surface area contributed by atoms with Crippen molar-refractivity contribution in [3.05, 3.63) is 47.5 Å². The van der Waals surface area contributed by atoms with Crippen LogP contribution in [0.5, 0.6) is 0 Å². The van der Waals surface area contributed by atoms with Crippen molar-refractivity contribution < 1.29 is 4.79 Å². The Morgan fingerprint density at radius 3 is 2.95 bits per heavy atom. The normalized spacial score (nSPS) is 17.1. The van der Waals surface area contributed by atoms with Crippen molar-refractivity contribution >= 4 is 5.78 Å². The van der Waals surface area contributed by atoms with E-state index in [0.717, 1.165) is 12.2 Å². The van der Waals surface area contributed by atoms with Crippen molar-refractivity contribution in [2.75, 3.05) is 0 Å². The first-order valence-corrected chi connectivity index (χ1v) is 6.65. The molecule has 1 unspecified atom stereocenters. The van der Waals surface area contributed by atoms with Crippen LogP contribution in [0.1, 0.15) is 42.8 Å². The van der Waals surface area contributed by atoms with Gasteiger partial charge >= 0.3 is 0 Å². The lowest BCUT2D eigenvalue weighted by Gasteiger charge is -2.28. The SMILES string of the molecule is CC(C)n1ncnc1CC(=O)C1Cc2ccccc21. The van der Waals surface area contributed by atoms with Gasteiger partial charge < -0.3 is 0 Å². The molecule has 0 N–H and O–H groups in total. The summed E-state index contributed by atoms with van der Waals surface area (Å²) >= 11 is 0. The molecule has 0 fully saturated rings. The Kier molecular flexibility index (Phi) is 2.93. The molecule has 19 heavy (non-hydrogen) atoms. The number of hydrogen-bond acceptors (Lipinski definition) is 3. The molecule has 1 aromatic heterocycles. The molecular formula is C15H17N3O. The first kappa shape index (κ1) is 12.1. The third-order valence-electron chi connectivity index (χ3n) is 3.71. The van der Waals surface area contributed by atoms with Crippen molar-refractivity contribution in [3.8, 4) is 0 Å². The zero-order valence-electron chi connectivity index (χ0n) is 11.2. The van der Waals surface area contributed by atoms with Crippen molar-refractivity contribution in [2.24, 2.45) is 0 Å². The van der Waals surface area contributed by atoms with E-state index in [1.165, 1.54) is 17.5 Å². The highest BCUT2D eigenvalue weighted by molar-refractivity contribution is 5.89. The predicted octanol–water partition coefficient (Wildman–Crippen LogP) is 2.31. The quantitative estimate of drug-likeness (QED) is 0.842. The van der Waals surface area contributed by atoms with E-state index < -0.39 is 0 Å². The van der Waals surface area contributed by atoms with Gasteiger partial charge in [-0.1, -0.05) is 24.3 Å². The lowest BCUT2D eigenvalue weighted by Crippen LogP contribution is -2.27. The third-order valence-corrected chi connectivity index (χ3v) is 3.71. The van der Waals surface area contributed by atoms with Crippen LogP contribution < -0.4 is 0 Å². The predicted molar refractivity (Wildman–Crippen MR) is 72.0 cm³/mol. The first-order valence-electron chi connectivity index (χ1n) is 6.65. The zero-order valence-corrected chi connectivity index (χ0v) is 11.2. The summed E-state index contributed by atoms with van der Waals surface area (Å²) in [5.74, 6) is 1.06. The van der Waals surface area contributed by atoms with Crippen LogP contribution in [0.15, 0.2) is 30.6 Å². The molecule has 0 aliphatic heterocycles. The van der Waals surface area contributed by atoms with Crippen molar-refractivity contribution in [2.45, 2.75) is 38.6 Å². The van der Waals surface area contributed by atoms with Crippen LogP contribution in [0.3, 0.4) is 0 Å². The Morgan fingerprint density at radius 2 is 2.21 bits per heavy atom. The smallest absolute Gasteiger partial charge is 0.148 e. The van der Waals surface area contributed by atoms with E-state index >= 15 is 0 Å². The van der Waals surface area contributed by atoms with Gasteiger partial charge in [-0.05, 0) is 31.4 Å². The van der Waals surface area contributed by atoms with Gasteiger partial charge in [0.05, 0.1) is 6.42 Å². The van der Waals surface area contributed by atoms with Gasteiger partial charge in [0.25, 0.3) is 0 Å². The van der Waals surface area contributed by atoms with Gasteiger partial charge in [0.15, 0.2) is 0 Å². The lowest BCUT2D eigenvalue weighted by atomic mass is 9.74. The summed E-state index contributed by atoms with van der Waals surface area (Å²) in [5, 5.41) is 4.17. The molecule has 0 bridgehead atoms. The summed E-state index contributed by atoms with van der Waals surface area (Å²) in [5.41, 5.74) is 2.48. The number of benzene rings is 1. The molecule has 1 aliphatic carbocycles. The number of ketones is 1. The van der Waals surface area contributed by atoms with E-state index in [-0.39, 0.29) is 17.7 Å². The van der Waals surface area contributed by atoms with Gasteiger partial charge in [-0.25, -0.2) is 9.67 Å². The van der Waals surface area contributed by atoms with Crippen LogP contribution in [0.25, 0.3) is 0 Å². The Morgan fingerprint density at radius 1 is 1.42 bits per heavy atom. The van der Waals surface area contributed by atoms with Crippen LogP contribution in [-0.4, -0.2) is 20.5 Å². The lowest BCUT2D eigenvalue weighted by molar-refractivity contribution is -0.120. The van der Waals surface area contributed by atoms with E-state index in [1.54, 1.807) is 0 Å². The molecule has 0 radical (unpaired) electrons. The second-order valence-corrected chi connectivity index (χ2v) is 5.31. The molecule has 3 rings (SSSR count). The largest absolute Gasteiger partial charge is 0.299 e. The van der Waals surface area contributed by atoms with Crippen molar-refractivity contribution in [1.29, 1.82) is 0 Å². The van der Waals surface area contributed by atoms with Gasteiger partial charge in [0.1, 0.15) is 17.9 Å². The summed E-state index contributed by atoms with van der Waals surface area (Å²) in [6.45, 7) is 4.09. The summed E-state index contributed by atoms with van der Waals surface area (Å²) in [7, 11) is 0. The maximum absolute atomic E-state index is 12.3. The molecule has 1 heterocycles. The van der Waals surface area contributed by atoms with Crippen LogP contribution in [0.4, 0.5) is 0 Å². The Labute approximate surface area is 112 Å². The average molecular weight is 255 g/mol. The van der Waals surface area contributed by atoms with E-state index in [4.69, 9.17) is 0 Å². The standard InChI is InChI=1S/C15H17N3O/c1-10(2)18-15(16-9-17-18)8-14(19)13-7-11-5-3-4-6-12(11)13/h3-6,9-10,13H,7-8H2,1-2H3. The van der Waals surface area contributed by atoms with Crippen molar-refractivity contribution in [3.63, 3.8) is 0 Å². The van der Waals surface area contributed by atoms with E-state index in [9.17, 15) is 4.79 Å². The zero-order chi connectivity index (χ0) is 13.4. The molecule has 0 saturated carbocycles. The average Bonchev–Trinajstić information content (AvgIpc) is 2.79.